The van der Waals surface area contributed by atoms with Crippen molar-refractivity contribution in [1.82, 2.24) is 0 Å². The highest BCUT2D eigenvalue weighted by molar-refractivity contribution is 5.41. The van der Waals surface area contributed by atoms with Crippen LogP contribution in [0.1, 0.15) is 52.2 Å². The molecule has 1 rings (SSSR count). The summed E-state index contributed by atoms with van der Waals surface area (Å²) in [6.45, 7) is 11.1. The molecule has 114 valence electrons. The lowest BCUT2D eigenvalue weighted by Crippen LogP contribution is -2.31. The number of nitrogens with two attached hydrogens (primary N) is 1. The van der Waals surface area contributed by atoms with Crippen LogP contribution in [0.15, 0.2) is 18.2 Å². The Morgan fingerprint density at radius 3 is 2.45 bits per heavy atom. The average Bonchev–Trinajstić information content (AvgIpc) is 2.36. The van der Waals surface area contributed by atoms with Crippen LogP contribution in [0.5, 0.6) is 5.75 Å². The number of aryl methyl sites for hydroxylation is 1. The summed E-state index contributed by atoms with van der Waals surface area (Å²) in [5, 5.41) is 9.81. The normalized spacial score (nSPS) is 14.9. The fraction of sp³-hybridized carbons (Fsp3) is 0.647. The number of aliphatic hydroxyl groups excluding tert-OH is 1. The third-order valence-electron chi connectivity index (χ3n) is 3.49. The predicted molar refractivity (Wildman–Crippen MR) is 84.3 cm³/mol. The molecule has 0 aromatic heterocycles. The molecule has 0 radical (unpaired) electrons. The zero-order chi connectivity index (χ0) is 15.3. The van der Waals surface area contributed by atoms with E-state index in [9.17, 15) is 5.11 Å². The third kappa shape index (κ3) is 4.80. The van der Waals surface area contributed by atoms with Crippen molar-refractivity contribution in [3.05, 3.63) is 29.3 Å². The molecule has 1 aromatic rings. The van der Waals surface area contributed by atoms with Crippen LogP contribution < -0.4 is 10.5 Å². The monoisotopic (exact) mass is 279 g/mol. The van der Waals surface area contributed by atoms with E-state index >= 15 is 0 Å². The molecule has 0 aliphatic heterocycles. The molecule has 3 nitrogen and oxygen atoms in total. The molecule has 0 aliphatic carbocycles. The molecule has 2 unspecified atom stereocenters. The first-order valence-electron chi connectivity index (χ1n) is 7.45. The van der Waals surface area contributed by atoms with Gasteiger partial charge in [-0.1, -0.05) is 32.9 Å². The van der Waals surface area contributed by atoms with E-state index < -0.39 is 6.10 Å². The Kier molecular flexibility index (Phi) is 6.03. The Labute approximate surface area is 123 Å². The highest BCUT2D eigenvalue weighted by Crippen LogP contribution is 2.32. The summed E-state index contributed by atoms with van der Waals surface area (Å²) in [5.41, 5.74) is 8.17. The molecule has 0 spiro atoms. The summed E-state index contributed by atoms with van der Waals surface area (Å²) in [5.74, 6) is 0.955. The molecule has 3 heteroatoms. The number of aliphatic hydroxyl groups is 1. The van der Waals surface area contributed by atoms with E-state index in [2.05, 4.69) is 32.9 Å². The largest absolute Gasteiger partial charge is 0.494 e. The number of benzene rings is 1. The van der Waals surface area contributed by atoms with Gasteiger partial charge in [0.25, 0.3) is 0 Å². The van der Waals surface area contributed by atoms with Crippen molar-refractivity contribution in [3.63, 3.8) is 0 Å². The maximum atomic E-state index is 9.81. The molecular weight excluding hydrogens is 250 g/mol. The number of hydrogen-bond acceptors (Lipinski definition) is 3. The first-order valence-corrected chi connectivity index (χ1v) is 7.45. The fourth-order valence-corrected chi connectivity index (χ4v) is 2.18. The van der Waals surface area contributed by atoms with Crippen molar-refractivity contribution in [3.8, 4) is 5.75 Å². The smallest absolute Gasteiger partial charge is 0.123 e. The molecule has 0 heterocycles. The molecule has 0 aliphatic rings. The van der Waals surface area contributed by atoms with Crippen LogP contribution in [-0.2, 0) is 11.8 Å². The lowest BCUT2D eigenvalue weighted by molar-refractivity contribution is 0.141. The minimum atomic E-state index is -0.445. The zero-order valence-corrected chi connectivity index (χ0v) is 13.4. The van der Waals surface area contributed by atoms with Crippen LogP contribution in [0.4, 0.5) is 0 Å². The minimum Gasteiger partial charge on any atom is -0.494 e. The second kappa shape index (κ2) is 7.09. The van der Waals surface area contributed by atoms with E-state index in [1.165, 1.54) is 11.1 Å². The van der Waals surface area contributed by atoms with Gasteiger partial charge in [-0.25, -0.2) is 0 Å². The van der Waals surface area contributed by atoms with E-state index in [0.717, 1.165) is 12.2 Å². The summed E-state index contributed by atoms with van der Waals surface area (Å²) >= 11 is 0. The van der Waals surface area contributed by atoms with Crippen LogP contribution >= 0.6 is 0 Å². The standard InChI is InChI=1S/C17H29NO2/c1-6-20-16-10-8-13(7-9-15(19)12(2)18)11-14(16)17(3,4)5/h8,10-12,15,19H,6-7,9,18H2,1-5H3. The summed E-state index contributed by atoms with van der Waals surface area (Å²) in [7, 11) is 0. The molecular formula is C17H29NO2. The Morgan fingerprint density at radius 2 is 1.95 bits per heavy atom. The Morgan fingerprint density at radius 1 is 1.30 bits per heavy atom. The molecule has 0 fully saturated rings. The highest BCUT2D eigenvalue weighted by atomic mass is 16.5. The molecule has 3 N–H and O–H groups in total. The van der Waals surface area contributed by atoms with Crippen LogP contribution in [0, 0.1) is 0 Å². The van der Waals surface area contributed by atoms with Crippen LogP contribution in [0.2, 0.25) is 0 Å². The van der Waals surface area contributed by atoms with E-state index in [0.29, 0.717) is 13.0 Å². The fourth-order valence-electron chi connectivity index (χ4n) is 2.18. The van der Waals surface area contributed by atoms with Gasteiger partial charge in [-0.05, 0) is 49.3 Å². The van der Waals surface area contributed by atoms with Gasteiger partial charge in [0.1, 0.15) is 5.75 Å². The van der Waals surface area contributed by atoms with Gasteiger partial charge >= 0.3 is 0 Å². The lowest BCUT2D eigenvalue weighted by atomic mass is 9.84. The van der Waals surface area contributed by atoms with Gasteiger partial charge in [0.15, 0.2) is 0 Å². The Balaban J connectivity index is 2.90. The summed E-state index contributed by atoms with van der Waals surface area (Å²) < 4.78 is 5.71. The maximum absolute atomic E-state index is 9.81. The SMILES string of the molecule is CCOc1ccc(CCC(O)C(C)N)cc1C(C)(C)C. The summed E-state index contributed by atoms with van der Waals surface area (Å²) in [4.78, 5) is 0. The zero-order valence-electron chi connectivity index (χ0n) is 13.4. The number of rotatable bonds is 6. The van der Waals surface area contributed by atoms with E-state index in [1.807, 2.05) is 19.9 Å². The van der Waals surface area contributed by atoms with Crippen LogP contribution in [0.3, 0.4) is 0 Å². The Hall–Kier alpha value is -1.06. The second-order valence-electron chi connectivity index (χ2n) is 6.48. The third-order valence-corrected chi connectivity index (χ3v) is 3.49. The quantitative estimate of drug-likeness (QED) is 0.841. The van der Waals surface area contributed by atoms with Crippen molar-refractivity contribution >= 4 is 0 Å². The molecule has 0 amide bonds. The summed E-state index contributed by atoms with van der Waals surface area (Å²) in [6.07, 6.45) is 1.08. The van der Waals surface area contributed by atoms with Gasteiger partial charge in [-0.15, -0.1) is 0 Å². The van der Waals surface area contributed by atoms with E-state index in [1.54, 1.807) is 0 Å². The van der Waals surface area contributed by atoms with Gasteiger partial charge in [-0.3, -0.25) is 0 Å². The molecule has 2 atom stereocenters. The Bertz CT molecular complexity index is 421. The van der Waals surface area contributed by atoms with Crippen molar-refractivity contribution in [2.45, 2.75) is 65.0 Å². The van der Waals surface area contributed by atoms with Gasteiger partial charge < -0.3 is 15.6 Å². The molecule has 0 saturated carbocycles. The summed E-state index contributed by atoms with van der Waals surface area (Å²) in [6, 6.07) is 6.13. The van der Waals surface area contributed by atoms with Crippen molar-refractivity contribution < 1.29 is 9.84 Å². The van der Waals surface area contributed by atoms with Gasteiger partial charge in [-0.2, -0.15) is 0 Å². The highest BCUT2D eigenvalue weighted by Gasteiger charge is 2.20. The van der Waals surface area contributed by atoms with Crippen molar-refractivity contribution in [2.75, 3.05) is 6.61 Å². The maximum Gasteiger partial charge on any atom is 0.123 e. The molecule has 20 heavy (non-hydrogen) atoms. The van der Waals surface area contributed by atoms with Crippen LogP contribution in [0.25, 0.3) is 0 Å². The van der Waals surface area contributed by atoms with E-state index in [4.69, 9.17) is 10.5 Å². The van der Waals surface area contributed by atoms with Crippen molar-refractivity contribution in [1.29, 1.82) is 0 Å². The van der Waals surface area contributed by atoms with Gasteiger partial charge in [0, 0.05) is 6.04 Å². The average molecular weight is 279 g/mol. The lowest BCUT2D eigenvalue weighted by Gasteiger charge is -2.24. The minimum absolute atomic E-state index is 0.0420. The second-order valence-corrected chi connectivity index (χ2v) is 6.48. The first kappa shape index (κ1) is 17.0. The van der Waals surface area contributed by atoms with Gasteiger partial charge in [0.05, 0.1) is 12.7 Å². The molecule has 0 bridgehead atoms. The molecule has 0 saturated heterocycles. The topological polar surface area (TPSA) is 55.5 Å². The number of ether oxygens (including phenoxy) is 1. The number of hydrogen-bond donors (Lipinski definition) is 2. The van der Waals surface area contributed by atoms with Crippen LogP contribution in [-0.4, -0.2) is 23.9 Å². The van der Waals surface area contributed by atoms with Gasteiger partial charge in [0.2, 0.25) is 0 Å². The first-order chi connectivity index (χ1) is 9.25. The molecule has 1 aromatic carbocycles. The van der Waals surface area contributed by atoms with E-state index in [-0.39, 0.29) is 11.5 Å². The van der Waals surface area contributed by atoms with Crippen molar-refractivity contribution in [2.24, 2.45) is 5.73 Å². The predicted octanol–water partition coefficient (Wildman–Crippen LogP) is 3.02.